The fourth-order valence-corrected chi connectivity index (χ4v) is 3.60. The molecule has 8 heteroatoms. The monoisotopic (exact) mass is 403 g/mol. The normalized spacial score (nSPS) is 19.8. The second kappa shape index (κ2) is 8.31. The summed E-state index contributed by atoms with van der Waals surface area (Å²) in [5.74, 6) is -0.00684. The number of amides is 3. The van der Waals surface area contributed by atoms with Gasteiger partial charge in [0, 0.05) is 26.1 Å². The van der Waals surface area contributed by atoms with Crippen molar-refractivity contribution in [2.24, 2.45) is 5.92 Å². The average molecular weight is 403 g/mol. The molecular weight excluding hydrogens is 374 g/mol. The number of fused-ring (bicyclic) bond motifs is 1. The van der Waals surface area contributed by atoms with E-state index in [2.05, 4.69) is 5.32 Å². The van der Waals surface area contributed by atoms with Crippen LogP contribution in [0, 0.1) is 5.92 Å². The highest BCUT2D eigenvalue weighted by Crippen LogP contribution is 2.35. The first kappa shape index (κ1) is 21.0. The molecule has 2 aliphatic heterocycles. The molecule has 1 saturated heterocycles. The van der Waals surface area contributed by atoms with Crippen LogP contribution in [0.4, 0.5) is 10.5 Å². The van der Waals surface area contributed by atoms with Crippen molar-refractivity contribution < 1.29 is 23.9 Å². The Kier molecular flexibility index (Phi) is 6.00. The molecule has 1 aromatic carbocycles. The first-order chi connectivity index (χ1) is 13.7. The number of hydrogen-bond acceptors (Lipinski definition) is 5. The van der Waals surface area contributed by atoms with E-state index in [-0.39, 0.29) is 30.4 Å². The van der Waals surface area contributed by atoms with E-state index in [1.807, 2.05) is 39.0 Å². The lowest BCUT2D eigenvalue weighted by molar-refractivity contribution is -0.128. The molecule has 0 bridgehead atoms. The van der Waals surface area contributed by atoms with Gasteiger partial charge in [0.2, 0.25) is 5.91 Å². The lowest BCUT2D eigenvalue weighted by Gasteiger charge is -2.38. The number of para-hydroxylation sites is 2. The zero-order chi connectivity index (χ0) is 21.2. The predicted molar refractivity (Wildman–Crippen MR) is 108 cm³/mol. The highest BCUT2D eigenvalue weighted by molar-refractivity contribution is 5.98. The maximum absolute atomic E-state index is 13.3. The number of carbonyl (C=O) groups excluding carboxylic acids is 3. The number of likely N-dealkylation sites (N-methyl/N-ethyl adjacent to an activating group) is 1. The van der Waals surface area contributed by atoms with Crippen molar-refractivity contribution in [1.82, 2.24) is 10.2 Å². The van der Waals surface area contributed by atoms with Crippen LogP contribution in [0.3, 0.4) is 0 Å². The third-order valence-electron chi connectivity index (χ3n) is 5.07. The minimum Gasteiger partial charge on any atom is -0.477 e. The van der Waals surface area contributed by atoms with Gasteiger partial charge in [0.25, 0.3) is 5.91 Å². The molecule has 158 valence electrons. The minimum atomic E-state index is -0.749. The van der Waals surface area contributed by atoms with Crippen LogP contribution >= 0.6 is 0 Å². The van der Waals surface area contributed by atoms with E-state index in [9.17, 15) is 14.4 Å². The summed E-state index contributed by atoms with van der Waals surface area (Å²) in [6.07, 6.45) is 0.0188. The number of piperidine rings is 1. The summed E-state index contributed by atoms with van der Waals surface area (Å²) in [6.45, 7) is 6.61. The maximum atomic E-state index is 13.3. The van der Waals surface area contributed by atoms with Gasteiger partial charge >= 0.3 is 6.09 Å². The van der Waals surface area contributed by atoms with Crippen LogP contribution in [-0.2, 0) is 14.3 Å². The topological polar surface area (TPSA) is 88.2 Å². The summed E-state index contributed by atoms with van der Waals surface area (Å²) in [7, 11) is 1.55. The molecule has 0 radical (unpaired) electrons. The summed E-state index contributed by atoms with van der Waals surface area (Å²) in [4.78, 5) is 41.0. The van der Waals surface area contributed by atoms with Crippen molar-refractivity contribution in [3.63, 3.8) is 0 Å². The third kappa shape index (κ3) is 4.81. The van der Waals surface area contributed by atoms with Crippen LogP contribution in [0.15, 0.2) is 24.3 Å². The molecule has 0 aromatic heterocycles. The Balaban J connectivity index is 1.69. The molecule has 1 aromatic rings. The van der Waals surface area contributed by atoms with Gasteiger partial charge in [0.05, 0.1) is 12.2 Å². The highest BCUT2D eigenvalue weighted by Gasteiger charge is 2.38. The zero-order valence-electron chi connectivity index (χ0n) is 17.4. The van der Waals surface area contributed by atoms with Gasteiger partial charge in [-0.2, -0.15) is 0 Å². The zero-order valence-corrected chi connectivity index (χ0v) is 17.4. The second-order valence-corrected chi connectivity index (χ2v) is 8.38. The van der Waals surface area contributed by atoms with Crippen LogP contribution < -0.4 is 15.0 Å². The predicted octanol–water partition coefficient (Wildman–Crippen LogP) is 2.17. The number of benzene rings is 1. The molecule has 2 heterocycles. The Morgan fingerprint density at radius 3 is 2.41 bits per heavy atom. The number of ether oxygens (including phenoxy) is 2. The van der Waals surface area contributed by atoms with Gasteiger partial charge in [-0.1, -0.05) is 12.1 Å². The van der Waals surface area contributed by atoms with E-state index in [1.54, 1.807) is 22.9 Å². The molecule has 29 heavy (non-hydrogen) atoms. The van der Waals surface area contributed by atoms with Crippen molar-refractivity contribution >= 4 is 23.6 Å². The molecule has 3 rings (SSSR count). The number of nitrogens with zero attached hydrogens (tertiary/aromatic N) is 2. The standard InChI is InChI=1S/C21H29N3O5/c1-21(2,3)29-20(27)23-11-9-14(10-12-23)19(26)24-13-17(18(25)22-4)28-16-8-6-5-7-15(16)24/h5-8,14,17H,9-13H2,1-4H3,(H,22,25)/t17-/m1/s1. The Bertz CT molecular complexity index is 781. The van der Waals surface area contributed by atoms with Crippen LogP contribution in [-0.4, -0.2) is 61.2 Å². The number of anilines is 1. The molecule has 2 aliphatic rings. The number of likely N-dealkylation sites (tertiary alicyclic amines) is 1. The number of rotatable bonds is 2. The van der Waals surface area contributed by atoms with E-state index in [0.29, 0.717) is 37.4 Å². The average Bonchev–Trinajstić information content (AvgIpc) is 2.70. The Hall–Kier alpha value is -2.77. The lowest BCUT2D eigenvalue weighted by Crippen LogP contribution is -2.52. The smallest absolute Gasteiger partial charge is 0.410 e. The number of hydrogen-bond donors (Lipinski definition) is 1. The van der Waals surface area contributed by atoms with Crippen molar-refractivity contribution in [2.45, 2.75) is 45.3 Å². The fourth-order valence-electron chi connectivity index (χ4n) is 3.60. The highest BCUT2D eigenvalue weighted by atomic mass is 16.6. The van der Waals surface area contributed by atoms with E-state index in [0.717, 1.165) is 0 Å². The SMILES string of the molecule is CNC(=O)[C@H]1CN(C(=O)C2CCN(C(=O)OC(C)(C)C)CC2)c2ccccc2O1. The first-order valence-electron chi connectivity index (χ1n) is 9.96. The first-order valence-corrected chi connectivity index (χ1v) is 9.96. The lowest BCUT2D eigenvalue weighted by atomic mass is 9.94. The van der Waals surface area contributed by atoms with Gasteiger partial charge in [-0.3, -0.25) is 9.59 Å². The summed E-state index contributed by atoms with van der Waals surface area (Å²) < 4.78 is 11.2. The van der Waals surface area contributed by atoms with Crippen molar-refractivity contribution in [3.8, 4) is 5.75 Å². The number of carbonyl (C=O) groups is 3. The quantitative estimate of drug-likeness (QED) is 0.818. The molecular formula is C21H29N3O5. The van der Waals surface area contributed by atoms with Gasteiger partial charge in [-0.15, -0.1) is 0 Å². The summed E-state index contributed by atoms with van der Waals surface area (Å²) >= 11 is 0. The molecule has 0 saturated carbocycles. The van der Waals surface area contributed by atoms with Crippen molar-refractivity contribution in [2.75, 3.05) is 31.6 Å². The third-order valence-corrected chi connectivity index (χ3v) is 5.07. The maximum Gasteiger partial charge on any atom is 0.410 e. The molecule has 1 fully saturated rings. The largest absolute Gasteiger partial charge is 0.477 e. The fraction of sp³-hybridized carbons (Fsp3) is 0.571. The summed E-state index contributed by atoms with van der Waals surface area (Å²) in [6, 6.07) is 7.24. The molecule has 8 nitrogen and oxygen atoms in total. The van der Waals surface area contributed by atoms with E-state index in [1.165, 1.54) is 0 Å². The van der Waals surface area contributed by atoms with Crippen molar-refractivity contribution in [3.05, 3.63) is 24.3 Å². The minimum absolute atomic E-state index is 0.0431. The van der Waals surface area contributed by atoms with Crippen LogP contribution in [0.1, 0.15) is 33.6 Å². The Labute approximate surface area is 171 Å². The number of nitrogens with one attached hydrogen (secondary N) is 1. The van der Waals surface area contributed by atoms with E-state index < -0.39 is 11.7 Å². The van der Waals surface area contributed by atoms with Crippen LogP contribution in [0.25, 0.3) is 0 Å². The van der Waals surface area contributed by atoms with Gasteiger partial charge in [0.15, 0.2) is 6.10 Å². The molecule has 1 atom stereocenters. The van der Waals surface area contributed by atoms with Gasteiger partial charge in [0.1, 0.15) is 11.4 Å². The Morgan fingerprint density at radius 1 is 1.14 bits per heavy atom. The van der Waals surface area contributed by atoms with Gasteiger partial charge in [-0.05, 0) is 45.7 Å². The summed E-state index contributed by atoms with van der Waals surface area (Å²) in [5, 5.41) is 2.58. The molecule has 0 unspecified atom stereocenters. The molecule has 0 spiro atoms. The van der Waals surface area contributed by atoms with Gasteiger partial charge < -0.3 is 24.6 Å². The van der Waals surface area contributed by atoms with Crippen LogP contribution in [0.2, 0.25) is 0 Å². The molecule has 1 N–H and O–H groups in total. The Morgan fingerprint density at radius 2 is 1.79 bits per heavy atom. The van der Waals surface area contributed by atoms with E-state index >= 15 is 0 Å². The van der Waals surface area contributed by atoms with Gasteiger partial charge in [-0.25, -0.2) is 4.79 Å². The molecule has 0 aliphatic carbocycles. The van der Waals surface area contributed by atoms with E-state index in [4.69, 9.17) is 9.47 Å². The second-order valence-electron chi connectivity index (χ2n) is 8.38. The van der Waals surface area contributed by atoms with Crippen molar-refractivity contribution in [1.29, 1.82) is 0 Å². The van der Waals surface area contributed by atoms with Crippen LogP contribution in [0.5, 0.6) is 5.75 Å². The molecule has 3 amide bonds. The summed E-state index contributed by atoms with van der Waals surface area (Å²) in [5.41, 5.74) is 0.128.